The Morgan fingerprint density at radius 3 is 2.50 bits per heavy atom. The first kappa shape index (κ1) is 22.1. The summed E-state index contributed by atoms with van der Waals surface area (Å²) in [6.45, 7) is 6.24. The number of β-amino-alcohol motifs (C(OH)–C–C–N with tert-alkyl or cyclic N) is 1. The highest BCUT2D eigenvalue weighted by Crippen LogP contribution is 2.32. The molecule has 0 bridgehead atoms. The van der Waals surface area contributed by atoms with Gasteiger partial charge in [-0.1, -0.05) is 6.07 Å². The molecule has 1 aliphatic heterocycles. The minimum absolute atomic E-state index is 0.0966. The lowest BCUT2D eigenvalue weighted by Gasteiger charge is -2.34. The highest BCUT2D eigenvalue weighted by molar-refractivity contribution is 5.83. The van der Waals surface area contributed by atoms with Crippen LogP contribution in [-0.2, 0) is 6.54 Å². The second-order valence-electron chi connectivity index (χ2n) is 7.88. The SMILES string of the molecule is COc1cccc(Oc2c(C)oc3c(CN4CCN(CCO)CC4)c(O)ccc3c2=O)c1. The van der Waals surface area contributed by atoms with Crippen molar-refractivity contribution < 1.29 is 24.1 Å². The highest BCUT2D eigenvalue weighted by Gasteiger charge is 2.22. The predicted octanol–water partition coefficient (Wildman–Crippen LogP) is 2.72. The third-order valence-corrected chi connectivity index (χ3v) is 5.79. The van der Waals surface area contributed by atoms with Crippen LogP contribution in [0.25, 0.3) is 11.0 Å². The van der Waals surface area contributed by atoms with Gasteiger partial charge in [-0.05, 0) is 31.2 Å². The van der Waals surface area contributed by atoms with Crippen LogP contribution in [0.15, 0.2) is 45.6 Å². The van der Waals surface area contributed by atoms with Crippen molar-refractivity contribution in [3.05, 3.63) is 57.9 Å². The molecule has 0 radical (unpaired) electrons. The largest absolute Gasteiger partial charge is 0.507 e. The van der Waals surface area contributed by atoms with Crippen LogP contribution < -0.4 is 14.9 Å². The molecular formula is C24H28N2O6. The molecule has 4 rings (SSSR count). The lowest BCUT2D eigenvalue weighted by atomic mass is 10.1. The smallest absolute Gasteiger partial charge is 0.235 e. The average molecular weight is 440 g/mol. The summed E-state index contributed by atoms with van der Waals surface area (Å²) in [5.74, 6) is 1.64. The molecule has 2 N–H and O–H groups in total. The maximum atomic E-state index is 13.2. The van der Waals surface area contributed by atoms with Gasteiger partial charge in [-0.2, -0.15) is 0 Å². The number of fused-ring (bicyclic) bond motifs is 1. The zero-order chi connectivity index (χ0) is 22.7. The minimum atomic E-state index is -0.291. The van der Waals surface area contributed by atoms with Gasteiger partial charge >= 0.3 is 0 Å². The molecule has 0 amide bonds. The van der Waals surface area contributed by atoms with Gasteiger partial charge in [-0.25, -0.2) is 0 Å². The molecule has 1 aliphatic rings. The fourth-order valence-corrected chi connectivity index (χ4v) is 3.98. The first-order chi connectivity index (χ1) is 15.5. The second kappa shape index (κ2) is 9.60. The number of hydrogen-bond acceptors (Lipinski definition) is 8. The van der Waals surface area contributed by atoms with Gasteiger partial charge in [0, 0.05) is 45.3 Å². The van der Waals surface area contributed by atoms with Crippen LogP contribution in [0.3, 0.4) is 0 Å². The van der Waals surface area contributed by atoms with E-state index in [0.717, 1.165) is 26.2 Å². The molecule has 32 heavy (non-hydrogen) atoms. The predicted molar refractivity (Wildman–Crippen MR) is 121 cm³/mol. The number of phenolic OH excluding ortho intramolecular Hbond substituents is 1. The molecule has 1 aromatic heterocycles. The van der Waals surface area contributed by atoms with Gasteiger partial charge in [-0.3, -0.25) is 14.6 Å². The van der Waals surface area contributed by atoms with Gasteiger partial charge in [0.25, 0.3) is 0 Å². The molecule has 8 nitrogen and oxygen atoms in total. The number of rotatable bonds is 7. The monoisotopic (exact) mass is 440 g/mol. The number of aromatic hydroxyl groups is 1. The number of benzene rings is 2. The van der Waals surface area contributed by atoms with Crippen molar-refractivity contribution in [3.63, 3.8) is 0 Å². The summed E-state index contributed by atoms with van der Waals surface area (Å²) in [6, 6.07) is 10.1. The van der Waals surface area contributed by atoms with Crippen molar-refractivity contribution in [2.75, 3.05) is 46.4 Å². The molecule has 3 aromatic rings. The normalized spacial score (nSPS) is 15.2. The number of aliphatic hydroxyl groups is 1. The van der Waals surface area contributed by atoms with E-state index in [1.165, 1.54) is 6.07 Å². The third kappa shape index (κ3) is 4.57. The molecule has 170 valence electrons. The van der Waals surface area contributed by atoms with Gasteiger partial charge in [0.05, 0.1) is 24.7 Å². The van der Waals surface area contributed by atoms with Crippen LogP contribution in [0.4, 0.5) is 0 Å². The number of hydrogen-bond donors (Lipinski definition) is 2. The van der Waals surface area contributed by atoms with Crippen molar-refractivity contribution >= 4 is 11.0 Å². The van der Waals surface area contributed by atoms with Crippen LogP contribution in [0.5, 0.6) is 23.0 Å². The van der Waals surface area contributed by atoms with E-state index in [0.29, 0.717) is 46.9 Å². The number of phenols is 1. The number of nitrogens with zero attached hydrogens (tertiary/aromatic N) is 2. The van der Waals surface area contributed by atoms with Crippen LogP contribution in [-0.4, -0.2) is 66.5 Å². The van der Waals surface area contributed by atoms with Gasteiger partial charge in [0.15, 0.2) is 0 Å². The fraction of sp³-hybridized carbons (Fsp3) is 0.375. The van der Waals surface area contributed by atoms with E-state index < -0.39 is 0 Å². The Balaban J connectivity index is 1.64. The van der Waals surface area contributed by atoms with E-state index in [-0.39, 0.29) is 23.5 Å². The van der Waals surface area contributed by atoms with Crippen LogP contribution in [0, 0.1) is 6.92 Å². The van der Waals surface area contributed by atoms with E-state index in [4.69, 9.17) is 19.0 Å². The number of piperazine rings is 1. The van der Waals surface area contributed by atoms with Gasteiger partial charge in [0.1, 0.15) is 28.6 Å². The van der Waals surface area contributed by atoms with Crippen LogP contribution >= 0.6 is 0 Å². The zero-order valence-corrected chi connectivity index (χ0v) is 18.3. The quantitative estimate of drug-likeness (QED) is 0.579. The lowest BCUT2D eigenvalue weighted by molar-refractivity contribution is 0.108. The summed E-state index contributed by atoms with van der Waals surface area (Å²) in [6.07, 6.45) is 0. The van der Waals surface area contributed by atoms with Crippen molar-refractivity contribution in [1.29, 1.82) is 0 Å². The van der Waals surface area contributed by atoms with Crippen LogP contribution in [0.1, 0.15) is 11.3 Å². The van der Waals surface area contributed by atoms with Crippen molar-refractivity contribution in [2.45, 2.75) is 13.5 Å². The van der Waals surface area contributed by atoms with E-state index in [1.807, 2.05) is 0 Å². The summed E-state index contributed by atoms with van der Waals surface area (Å²) >= 11 is 0. The van der Waals surface area contributed by atoms with Gasteiger partial charge in [-0.15, -0.1) is 0 Å². The number of methoxy groups -OCH3 is 1. The molecule has 8 heteroatoms. The molecule has 0 unspecified atom stereocenters. The average Bonchev–Trinajstić information content (AvgIpc) is 2.80. The van der Waals surface area contributed by atoms with Crippen molar-refractivity contribution in [1.82, 2.24) is 9.80 Å². The maximum Gasteiger partial charge on any atom is 0.235 e. The molecule has 1 fully saturated rings. The third-order valence-electron chi connectivity index (χ3n) is 5.79. The number of ether oxygens (including phenoxy) is 2. The Labute approximate surface area is 186 Å². The van der Waals surface area contributed by atoms with Crippen LogP contribution in [0.2, 0.25) is 0 Å². The Morgan fingerprint density at radius 1 is 1.06 bits per heavy atom. The van der Waals surface area contributed by atoms with Gasteiger partial charge < -0.3 is 24.1 Å². The Hall–Kier alpha value is -3.07. The second-order valence-corrected chi connectivity index (χ2v) is 7.88. The summed E-state index contributed by atoms with van der Waals surface area (Å²) < 4.78 is 17.1. The minimum Gasteiger partial charge on any atom is -0.507 e. The van der Waals surface area contributed by atoms with Crippen molar-refractivity contribution in [2.24, 2.45) is 0 Å². The summed E-state index contributed by atoms with van der Waals surface area (Å²) in [4.78, 5) is 17.6. The summed E-state index contributed by atoms with van der Waals surface area (Å²) in [5.41, 5.74) is 0.676. The molecule has 2 heterocycles. The summed E-state index contributed by atoms with van der Waals surface area (Å²) in [7, 11) is 1.56. The molecule has 2 aromatic carbocycles. The van der Waals surface area contributed by atoms with Gasteiger partial charge in [0.2, 0.25) is 11.2 Å². The van der Waals surface area contributed by atoms with E-state index in [2.05, 4.69) is 9.80 Å². The van der Waals surface area contributed by atoms with E-state index in [9.17, 15) is 9.90 Å². The lowest BCUT2D eigenvalue weighted by Crippen LogP contribution is -2.46. The Morgan fingerprint density at radius 2 is 1.78 bits per heavy atom. The highest BCUT2D eigenvalue weighted by atomic mass is 16.5. The topological polar surface area (TPSA) is 95.6 Å². The molecule has 1 saturated heterocycles. The molecule has 0 saturated carbocycles. The molecular weight excluding hydrogens is 412 g/mol. The fourth-order valence-electron chi connectivity index (χ4n) is 3.98. The molecule has 0 spiro atoms. The number of aryl methyl sites for hydroxylation is 1. The first-order valence-corrected chi connectivity index (χ1v) is 10.7. The first-order valence-electron chi connectivity index (χ1n) is 10.7. The van der Waals surface area contributed by atoms with E-state index in [1.54, 1.807) is 44.4 Å². The molecule has 0 atom stereocenters. The van der Waals surface area contributed by atoms with E-state index >= 15 is 0 Å². The maximum absolute atomic E-state index is 13.2. The number of aliphatic hydroxyl groups excluding tert-OH is 1. The molecule has 0 aliphatic carbocycles. The Bertz CT molecular complexity index is 1150. The summed E-state index contributed by atoms with van der Waals surface area (Å²) in [5, 5.41) is 20.0. The zero-order valence-electron chi connectivity index (χ0n) is 18.3. The Kier molecular flexibility index (Phi) is 6.64. The standard InChI is InChI=1S/C24H28N2O6/c1-16-23(32-18-5-3-4-17(14-18)30-2)22(29)19-6-7-21(28)20(24(19)31-16)15-26-10-8-25(9-11-26)12-13-27/h3-7,14,27-28H,8-13,15H2,1-2H3. The van der Waals surface area contributed by atoms with Crippen molar-refractivity contribution in [3.8, 4) is 23.0 Å².